The van der Waals surface area contributed by atoms with Gasteiger partial charge in [-0.25, -0.2) is 18.4 Å². The third kappa shape index (κ3) is 1.58. The molecule has 3 aromatic rings. The average Bonchev–Trinajstić information content (AvgIpc) is 2.84. The van der Waals surface area contributed by atoms with E-state index in [1.165, 1.54) is 18.7 Å². The van der Waals surface area contributed by atoms with E-state index in [0.717, 1.165) is 0 Å². The first-order valence-electron chi connectivity index (χ1n) is 5.27. The van der Waals surface area contributed by atoms with Crippen LogP contribution in [0.15, 0.2) is 58.8 Å². The Balaban J connectivity index is 2.27. The van der Waals surface area contributed by atoms with Gasteiger partial charge < -0.3 is 4.98 Å². The van der Waals surface area contributed by atoms with Gasteiger partial charge in [0.2, 0.25) is 9.84 Å². The zero-order valence-corrected chi connectivity index (χ0v) is 10.1. The molecular formula is C12H9N3O2S. The first kappa shape index (κ1) is 10.9. The summed E-state index contributed by atoms with van der Waals surface area (Å²) < 4.78 is 24.9. The third-order valence-corrected chi connectivity index (χ3v) is 4.47. The Morgan fingerprint density at radius 3 is 2.67 bits per heavy atom. The van der Waals surface area contributed by atoms with Crippen molar-refractivity contribution in [3.63, 3.8) is 0 Å². The molecule has 0 spiro atoms. The van der Waals surface area contributed by atoms with Gasteiger partial charge in [-0.1, -0.05) is 18.2 Å². The molecule has 18 heavy (non-hydrogen) atoms. The molecule has 1 N–H and O–H groups in total. The molecular weight excluding hydrogens is 250 g/mol. The summed E-state index contributed by atoms with van der Waals surface area (Å²) in [6.07, 6.45) is 4.31. The van der Waals surface area contributed by atoms with Crippen molar-refractivity contribution in [3.8, 4) is 0 Å². The summed E-state index contributed by atoms with van der Waals surface area (Å²) in [6.45, 7) is 0. The van der Waals surface area contributed by atoms with Gasteiger partial charge in [-0.3, -0.25) is 0 Å². The van der Waals surface area contributed by atoms with E-state index >= 15 is 0 Å². The van der Waals surface area contributed by atoms with Crippen molar-refractivity contribution in [2.24, 2.45) is 0 Å². The fourth-order valence-electron chi connectivity index (χ4n) is 1.79. The lowest BCUT2D eigenvalue weighted by Crippen LogP contribution is -2.00. The van der Waals surface area contributed by atoms with E-state index in [9.17, 15) is 8.42 Å². The van der Waals surface area contributed by atoms with E-state index in [1.54, 1.807) is 30.3 Å². The van der Waals surface area contributed by atoms with Crippen molar-refractivity contribution in [1.29, 1.82) is 0 Å². The molecule has 0 fully saturated rings. The van der Waals surface area contributed by atoms with E-state index in [0.29, 0.717) is 11.0 Å². The summed E-state index contributed by atoms with van der Waals surface area (Å²) >= 11 is 0. The van der Waals surface area contributed by atoms with Crippen LogP contribution in [0.1, 0.15) is 0 Å². The van der Waals surface area contributed by atoms with Crippen LogP contribution in [0.2, 0.25) is 0 Å². The maximum absolute atomic E-state index is 12.4. The summed E-state index contributed by atoms with van der Waals surface area (Å²) in [5.41, 5.74) is 0.513. The summed E-state index contributed by atoms with van der Waals surface area (Å²) in [7, 11) is -3.53. The van der Waals surface area contributed by atoms with Crippen LogP contribution in [0.5, 0.6) is 0 Å². The van der Waals surface area contributed by atoms with Gasteiger partial charge in [-0.05, 0) is 12.1 Å². The molecule has 0 aliphatic heterocycles. The van der Waals surface area contributed by atoms with Crippen LogP contribution in [-0.4, -0.2) is 23.4 Å². The normalized spacial score (nSPS) is 11.8. The second-order valence-electron chi connectivity index (χ2n) is 3.75. The Hall–Kier alpha value is -2.21. The maximum atomic E-state index is 12.4. The molecule has 2 heterocycles. The van der Waals surface area contributed by atoms with Gasteiger partial charge in [-0.15, -0.1) is 0 Å². The largest absolute Gasteiger partial charge is 0.345 e. The van der Waals surface area contributed by atoms with Gasteiger partial charge in [0.15, 0.2) is 0 Å². The minimum absolute atomic E-state index is 0.198. The Morgan fingerprint density at radius 2 is 1.89 bits per heavy atom. The number of H-pyrrole nitrogens is 1. The van der Waals surface area contributed by atoms with Crippen LogP contribution in [-0.2, 0) is 9.84 Å². The number of aromatic nitrogens is 3. The number of benzene rings is 1. The van der Waals surface area contributed by atoms with E-state index in [-0.39, 0.29) is 9.79 Å². The molecule has 0 aliphatic rings. The number of rotatable bonds is 2. The number of sulfone groups is 1. The zero-order chi connectivity index (χ0) is 12.6. The van der Waals surface area contributed by atoms with Gasteiger partial charge in [0.05, 0.1) is 10.3 Å². The second-order valence-corrected chi connectivity index (χ2v) is 5.67. The topological polar surface area (TPSA) is 75.7 Å². The van der Waals surface area contributed by atoms with E-state index < -0.39 is 9.84 Å². The third-order valence-electron chi connectivity index (χ3n) is 2.66. The van der Waals surface area contributed by atoms with Crippen molar-refractivity contribution < 1.29 is 8.42 Å². The summed E-state index contributed by atoms with van der Waals surface area (Å²) in [6, 6.07) is 8.30. The van der Waals surface area contributed by atoms with Crippen molar-refractivity contribution in [3.05, 3.63) is 49.1 Å². The van der Waals surface area contributed by atoms with Crippen LogP contribution in [0.25, 0.3) is 11.0 Å². The number of hydrogen-bond donors (Lipinski definition) is 1. The lowest BCUT2D eigenvalue weighted by molar-refractivity contribution is 0.597. The van der Waals surface area contributed by atoms with E-state index in [4.69, 9.17) is 0 Å². The highest BCUT2D eigenvalue weighted by Crippen LogP contribution is 2.26. The molecule has 6 heteroatoms. The number of fused-ring (bicyclic) bond motifs is 1. The molecule has 0 bridgehead atoms. The van der Waals surface area contributed by atoms with Gasteiger partial charge in [0.25, 0.3) is 0 Å². The van der Waals surface area contributed by atoms with E-state index in [2.05, 4.69) is 15.0 Å². The highest BCUT2D eigenvalue weighted by molar-refractivity contribution is 7.91. The minimum Gasteiger partial charge on any atom is -0.345 e. The van der Waals surface area contributed by atoms with Crippen LogP contribution in [0, 0.1) is 0 Å². The molecule has 90 valence electrons. The van der Waals surface area contributed by atoms with Gasteiger partial charge in [-0.2, -0.15) is 0 Å². The highest BCUT2D eigenvalue weighted by Gasteiger charge is 2.21. The molecule has 0 saturated heterocycles. The number of hydrogen-bond acceptors (Lipinski definition) is 4. The number of nitrogens with zero attached hydrogens (tertiary/aromatic N) is 2. The Kier molecular flexibility index (Phi) is 2.38. The highest BCUT2D eigenvalue weighted by atomic mass is 32.2. The SMILES string of the molecule is O=S(=O)(c1ccccc1)c1c[nH]c2ncncc12. The lowest BCUT2D eigenvalue weighted by atomic mass is 10.4. The number of aromatic amines is 1. The molecule has 0 saturated carbocycles. The van der Waals surface area contributed by atoms with Crippen LogP contribution >= 0.6 is 0 Å². The van der Waals surface area contributed by atoms with Crippen LogP contribution in [0.3, 0.4) is 0 Å². The minimum atomic E-state index is -3.53. The summed E-state index contributed by atoms with van der Waals surface area (Å²) in [5.74, 6) is 0. The monoisotopic (exact) mass is 259 g/mol. The predicted octanol–water partition coefficient (Wildman–Crippen LogP) is 1.79. The first-order chi connectivity index (χ1) is 8.69. The number of nitrogens with one attached hydrogen (secondary N) is 1. The van der Waals surface area contributed by atoms with Crippen molar-refractivity contribution in [2.45, 2.75) is 9.79 Å². The fourth-order valence-corrected chi connectivity index (χ4v) is 3.21. The van der Waals surface area contributed by atoms with Crippen molar-refractivity contribution in [2.75, 3.05) is 0 Å². The Bertz CT molecular complexity index is 794. The Morgan fingerprint density at radius 1 is 1.11 bits per heavy atom. The van der Waals surface area contributed by atoms with E-state index in [1.807, 2.05) is 0 Å². The molecule has 0 amide bonds. The molecule has 1 aromatic carbocycles. The maximum Gasteiger partial charge on any atom is 0.208 e. The zero-order valence-electron chi connectivity index (χ0n) is 9.24. The molecule has 0 atom stereocenters. The smallest absolute Gasteiger partial charge is 0.208 e. The molecule has 0 radical (unpaired) electrons. The van der Waals surface area contributed by atoms with Gasteiger partial charge >= 0.3 is 0 Å². The van der Waals surface area contributed by atoms with Gasteiger partial charge in [0.1, 0.15) is 16.9 Å². The Labute approximate surface area is 103 Å². The first-order valence-corrected chi connectivity index (χ1v) is 6.75. The second kappa shape index (κ2) is 3.92. The van der Waals surface area contributed by atoms with Crippen LogP contribution < -0.4 is 0 Å². The molecule has 2 aromatic heterocycles. The quantitative estimate of drug-likeness (QED) is 0.761. The van der Waals surface area contributed by atoms with Crippen molar-refractivity contribution in [1.82, 2.24) is 15.0 Å². The summed E-state index contributed by atoms with van der Waals surface area (Å²) in [4.78, 5) is 11.1. The van der Waals surface area contributed by atoms with Crippen molar-refractivity contribution >= 4 is 20.9 Å². The molecule has 3 rings (SSSR count). The summed E-state index contributed by atoms with van der Waals surface area (Å²) in [5, 5.41) is 0.501. The average molecular weight is 259 g/mol. The van der Waals surface area contributed by atoms with Crippen LogP contribution in [0.4, 0.5) is 0 Å². The molecule has 0 aliphatic carbocycles. The molecule has 0 unspecified atom stereocenters. The molecule has 5 nitrogen and oxygen atoms in total. The fraction of sp³-hybridized carbons (Fsp3) is 0. The lowest BCUT2D eigenvalue weighted by Gasteiger charge is -2.01. The predicted molar refractivity (Wildman–Crippen MR) is 65.8 cm³/mol. The van der Waals surface area contributed by atoms with Gasteiger partial charge in [0, 0.05) is 12.4 Å². The standard InChI is InChI=1S/C12H9N3O2S/c16-18(17,9-4-2-1-3-5-9)11-7-14-12-10(11)6-13-8-15-12/h1-8H,(H,13,14,15).